The van der Waals surface area contributed by atoms with Gasteiger partial charge in [-0.25, -0.2) is 14.6 Å². The number of nitrogens with one attached hydrogen (secondary N) is 5. The number of thioether (sulfide) groups is 1. The molecule has 4 aromatic carbocycles. The first kappa shape index (κ1) is 47.1. The van der Waals surface area contributed by atoms with Gasteiger partial charge in [-0.05, 0) is 85.3 Å². The predicted octanol–water partition coefficient (Wildman–Crippen LogP) is 6.06. The lowest BCUT2D eigenvalue weighted by atomic mass is 10.1. The number of rotatable bonds is 19. The first-order valence-corrected chi connectivity index (χ1v) is 22.7. The number of phenols is 1. The van der Waals surface area contributed by atoms with E-state index in [9.17, 15) is 24.6 Å². The molecule has 18 heteroatoms. The zero-order valence-electron chi connectivity index (χ0n) is 37.0. The summed E-state index contributed by atoms with van der Waals surface area (Å²) in [7, 11) is 1.75. The highest BCUT2D eigenvalue weighted by Gasteiger charge is 2.33. The van der Waals surface area contributed by atoms with Crippen molar-refractivity contribution in [2.45, 2.75) is 6.92 Å². The number of hydrogen-bond acceptors (Lipinski definition) is 15. The molecule has 17 nitrogen and oxygen atoms in total. The second-order valence-electron chi connectivity index (χ2n) is 15.3. The zero-order valence-corrected chi connectivity index (χ0v) is 37.8. The summed E-state index contributed by atoms with van der Waals surface area (Å²) >= 11 is 1.15. The van der Waals surface area contributed by atoms with Crippen molar-refractivity contribution in [1.29, 1.82) is 0 Å². The molecule has 0 radical (unpaired) electrons. The van der Waals surface area contributed by atoms with Crippen LogP contribution in [0.2, 0.25) is 0 Å². The monoisotopic (exact) mass is 917 g/mol. The summed E-state index contributed by atoms with van der Waals surface area (Å²) in [6.45, 7) is 9.96. The highest BCUT2D eigenvalue weighted by Crippen LogP contribution is 2.41. The van der Waals surface area contributed by atoms with E-state index in [0.29, 0.717) is 82.5 Å². The summed E-state index contributed by atoms with van der Waals surface area (Å²) in [6, 6.07) is 26.2. The number of piperazine rings is 1. The van der Waals surface area contributed by atoms with Gasteiger partial charge >= 0.3 is 12.0 Å². The van der Waals surface area contributed by atoms with Crippen molar-refractivity contribution in [3.63, 3.8) is 0 Å². The van der Waals surface area contributed by atoms with Crippen LogP contribution in [0.5, 0.6) is 11.5 Å². The molecule has 0 saturated carbocycles. The number of esters is 1. The lowest BCUT2D eigenvalue weighted by Crippen LogP contribution is -2.48. The Labute approximate surface area is 388 Å². The lowest BCUT2D eigenvalue weighted by Gasteiger charge is -2.34. The van der Waals surface area contributed by atoms with Crippen LogP contribution in [0.3, 0.4) is 0 Å². The summed E-state index contributed by atoms with van der Waals surface area (Å²) < 4.78 is 17.0. The second kappa shape index (κ2) is 23.4. The van der Waals surface area contributed by atoms with Crippen LogP contribution in [0.1, 0.15) is 28.4 Å². The van der Waals surface area contributed by atoms with Gasteiger partial charge in [0, 0.05) is 87.6 Å². The van der Waals surface area contributed by atoms with Gasteiger partial charge in [0.1, 0.15) is 28.8 Å². The largest absolute Gasteiger partial charge is 0.506 e. The number of urea groups is 1. The third-order valence-corrected chi connectivity index (χ3v) is 11.7. The van der Waals surface area contributed by atoms with Gasteiger partial charge in [-0.2, -0.15) is 0 Å². The van der Waals surface area contributed by atoms with Gasteiger partial charge in [0.25, 0.3) is 5.91 Å². The Kier molecular flexibility index (Phi) is 16.7. The van der Waals surface area contributed by atoms with Crippen LogP contribution in [-0.2, 0) is 14.3 Å². The van der Waals surface area contributed by atoms with Gasteiger partial charge in [0.2, 0.25) is 0 Å². The summed E-state index contributed by atoms with van der Waals surface area (Å²) in [4.78, 5) is 52.6. The molecule has 3 aliphatic rings. The number of carbonyl (C=O) groups excluding carboxylic acids is 3. The van der Waals surface area contributed by atoms with Gasteiger partial charge in [0.05, 0.1) is 37.0 Å². The van der Waals surface area contributed by atoms with Crippen LogP contribution in [0.15, 0.2) is 117 Å². The summed E-state index contributed by atoms with van der Waals surface area (Å²) in [6.07, 6.45) is 1.68. The summed E-state index contributed by atoms with van der Waals surface area (Å²) in [5.41, 5.74) is 4.36. The van der Waals surface area contributed by atoms with Crippen molar-refractivity contribution in [3.05, 3.63) is 124 Å². The van der Waals surface area contributed by atoms with E-state index in [-0.39, 0.29) is 29.6 Å². The normalized spacial score (nSPS) is 16.5. The number of anilines is 3. The van der Waals surface area contributed by atoms with E-state index in [2.05, 4.69) is 46.4 Å². The lowest BCUT2D eigenvalue weighted by molar-refractivity contribution is -0.138. The Morgan fingerprint density at radius 3 is 2.29 bits per heavy atom. The van der Waals surface area contributed by atoms with Crippen molar-refractivity contribution in [2.24, 2.45) is 9.98 Å². The fourth-order valence-corrected chi connectivity index (χ4v) is 8.27. The number of phenolic OH excluding ortho intramolecular Hbond substituents is 1. The molecule has 3 amide bonds. The Morgan fingerprint density at radius 2 is 1.59 bits per heavy atom. The summed E-state index contributed by atoms with van der Waals surface area (Å²) in [5, 5.41) is 37.0. The number of carbonyl (C=O) groups is 3. The fourth-order valence-electron chi connectivity index (χ4n) is 7.24. The second-order valence-corrected chi connectivity index (χ2v) is 16.3. The van der Waals surface area contributed by atoms with E-state index in [4.69, 9.17) is 14.2 Å². The SMILES string of the molecule is CCOC(=O)C1=C(O)/C(=C/c2ccc(OCCN3CCN(CCOCCNC(=O)c4cc(NC)cc(NC(=O)Nc5ccc(C6=NCCN6)cc5)c4)CC3)c(O)c2)SC1=Nc1ccccc1. The Balaban J connectivity index is 0.781. The molecule has 346 valence electrons. The molecule has 0 unspecified atom stereocenters. The van der Waals surface area contributed by atoms with E-state index >= 15 is 0 Å². The molecule has 66 heavy (non-hydrogen) atoms. The summed E-state index contributed by atoms with van der Waals surface area (Å²) in [5.74, 6) is -0.0113. The van der Waals surface area contributed by atoms with Crippen LogP contribution in [0.25, 0.3) is 6.08 Å². The number of aliphatic imine (C=N–C) groups is 2. The highest BCUT2D eigenvalue weighted by atomic mass is 32.2. The first-order chi connectivity index (χ1) is 32.1. The predicted molar refractivity (Wildman–Crippen MR) is 260 cm³/mol. The van der Waals surface area contributed by atoms with Gasteiger partial charge < -0.3 is 51.0 Å². The molecule has 4 aromatic rings. The number of aliphatic hydroxyl groups is 1. The third-order valence-electron chi connectivity index (χ3n) is 10.7. The Hall–Kier alpha value is -6.86. The molecule has 0 aliphatic carbocycles. The van der Waals surface area contributed by atoms with Gasteiger partial charge in [-0.1, -0.05) is 36.0 Å². The van der Waals surface area contributed by atoms with Crippen LogP contribution in [-0.4, -0.2) is 141 Å². The topological polar surface area (TPSA) is 211 Å². The zero-order chi connectivity index (χ0) is 46.3. The minimum absolute atomic E-state index is 0.00274. The smallest absolute Gasteiger partial charge is 0.344 e. The minimum Gasteiger partial charge on any atom is -0.506 e. The maximum atomic E-state index is 13.0. The number of hydrogen-bond donors (Lipinski definition) is 7. The molecule has 7 rings (SSSR count). The highest BCUT2D eigenvalue weighted by molar-refractivity contribution is 8.18. The number of benzene rings is 4. The van der Waals surface area contributed by atoms with E-state index in [1.165, 1.54) is 0 Å². The minimum atomic E-state index is -0.659. The number of para-hydroxylation sites is 1. The molecule has 0 bridgehead atoms. The van der Waals surface area contributed by atoms with Crippen molar-refractivity contribution in [1.82, 2.24) is 20.4 Å². The molecule has 1 saturated heterocycles. The quantitative estimate of drug-likeness (QED) is 0.0422. The number of nitrogens with zero attached hydrogens (tertiary/aromatic N) is 4. The molecule has 0 spiro atoms. The van der Waals surface area contributed by atoms with E-state index in [1.54, 1.807) is 68.6 Å². The van der Waals surface area contributed by atoms with Crippen LogP contribution in [0, 0.1) is 0 Å². The van der Waals surface area contributed by atoms with E-state index in [0.717, 1.165) is 69.0 Å². The number of amides is 3. The maximum absolute atomic E-state index is 13.0. The Bertz CT molecular complexity index is 2470. The molecule has 7 N–H and O–H groups in total. The first-order valence-electron chi connectivity index (χ1n) is 21.9. The average molecular weight is 918 g/mol. The Morgan fingerprint density at radius 1 is 0.864 bits per heavy atom. The number of aliphatic hydroxyl groups excluding tert-OH is 1. The molecule has 3 heterocycles. The van der Waals surface area contributed by atoms with Crippen molar-refractivity contribution in [2.75, 3.05) is 108 Å². The van der Waals surface area contributed by atoms with Gasteiger partial charge in [-0.15, -0.1) is 0 Å². The molecule has 0 atom stereocenters. The maximum Gasteiger partial charge on any atom is 0.344 e. The van der Waals surface area contributed by atoms with Gasteiger partial charge in [-0.3, -0.25) is 19.6 Å². The standard InChI is InChI=1S/C48H55N9O8S/c1-3-64-47(61)42-43(59)41(66-46(42)53-35-7-5-4-6-8-35)28-32-9-14-40(39(58)27-32)65-26-23-57-20-18-56(19-21-57)22-25-63-24-17-52-45(60)34-29-37(49-2)31-38(30-34)55-48(62)54-36-12-10-33(11-13-36)44-50-15-16-51-44/h4-14,27-31,49,58-59H,3,15-26H2,1-2H3,(H,50,51)(H,52,60)(H2,54,55,62)/b41-28-,53-46?. The van der Waals surface area contributed by atoms with E-state index < -0.39 is 12.0 Å². The van der Waals surface area contributed by atoms with E-state index in [1.807, 2.05) is 42.5 Å². The molecule has 3 aliphatic heterocycles. The molecular weight excluding hydrogens is 863 g/mol. The molecule has 1 fully saturated rings. The fraction of sp³-hybridized carbons (Fsp3) is 0.312. The number of amidine groups is 1. The van der Waals surface area contributed by atoms with Crippen molar-refractivity contribution < 1.29 is 38.8 Å². The number of aromatic hydroxyl groups is 1. The number of ether oxygens (including phenoxy) is 3. The third kappa shape index (κ3) is 13.1. The van der Waals surface area contributed by atoms with Crippen LogP contribution < -0.4 is 31.3 Å². The molecule has 0 aromatic heterocycles. The van der Waals surface area contributed by atoms with Crippen molar-refractivity contribution in [3.8, 4) is 11.5 Å². The van der Waals surface area contributed by atoms with Crippen LogP contribution >= 0.6 is 11.8 Å². The van der Waals surface area contributed by atoms with Gasteiger partial charge in [0.15, 0.2) is 11.5 Å². The molecular formula is C48H55N9O8S. The average Bonchev–Trinajstić information content (AvgIpc) is 3.97. The van der Waals surface area contributed by atoms with Crippen molar-refractivity contribution >= 4 is 69.4 Å². The van der Waals surface area contributed by atoms with Crippen LogP contribution in [0.4, 0.5) is 27.5 Å².